The fraction of sp³-hybridized carbons (Fsp3) is 0.154. The summed E-state index contributed by atoms with van der Waals surface area (Å²) in [5, 5.41) is 8.60. The molecule has 0 aliphatic rings. The van der Waals surface area contributed by atoms with E-state index < -0.39 is 0 Å². The van der Waals surface area contributed by atoms with Crippen molar-refractivity contribution in [3.8, 4) is 11.6 Å². The third-order valence-electron chi connectivity index (χ3n) is 2.69. The van der Waals surface area contributed by atoms with E-state index in [1.165, 1.54) is 0 Å². The fourth-order valence-electron chi connectivity index (χ4n) is 1.92. The van der Waals surface area contributed by atoms with Crippen molar-refractivity contribution in [2.45, 2.75) is 13.8 Å². The number of hydrogen-bond donors (Lipinski definition) is 0. The molecule has 0 saturated heterocycles. The number of nitrogens with zero attached hydrogens (tertiary/aromatic N) is 5. The standard InChI is InChI=1S/C13H13N5/c1-10-9-11(2)18(16-10)13-6-3-5-12(15-13)17-8-4-7-14-17/h3-9H,1-2H3. The topological polar surface area (TPSA) is 48.5 Å². The van der Waals surface area contributed by atoms with E-state index in [2.05, 4.69) is 15.2 Å². The summed E-state index contributed by atoms with van der Waals surface area (Å²) in [5.74, 6) is 1.58. The maximum absolute atomic E-state index is 4.56. The molecule has 0 aliphatic carbocycles. The lowest BCUT2D eigenvalue weighted by molar-refractivity contribution is 0.781. The molecule has 0 amide bonds. The van der Waals surface area contributed by atoms with Gasteiger partial charge in [-0.05, 0) is 38.1 Å². The summed E-state index contributed by atoms with van der Waals surface area (Å²) in [7, 11) is 0. The third-order valence-corrected chi connectivity index (χ3v) is 2.69. The molecule has 0 fully saturated rings. The fourth-order valence-corrected chi connectivity index (χ4v) is 1.92. The van der Waals surface area contributed by atoms with E-state index in [9.17, 15) is 0 Å². The van der Waals surface area contributed by atoms with Gasteiger partial charge in [-0.1, -0.05) is 6.07 Å². The van der Waals surface area contributed by atoms with E-state index in [1.54, 1.807) is 10.9 Å². The molecule has 3 rings (SSSR count). The Morgan fingerprint density at radius 1 is 1.06 bits per heavy atom. The summed E-state index contributed by atoms with van der Waals surface area (Å²) in [6, 6.07) is 9.71. The Kier molecular flexibility index (Phi) is 2.44. The zero-order valence-electron chi connectivity index (χ0n) is 10.3. The Morgan fingerprint density at radius 3 is 2.56 bits per heavy atom. The average molecular weight is 239 g/mol. The van der Waals surface area contributed by atoms with Crippen molar-refractivity contribution >= 4 is 0 Å². The second kappa shape index (κ2) is 4.10. The number of rotatable bonds is 2. The molecule has 0 aromatic carbocycles. The lowest BCUT2D eigenvalue weighted by Crippen LogP contribution is -2.05. The molecule has 0 aliphatic heterocycles. The van der Waals surface area contributed by atoms with Gasteiger partial charge in [0.05, 0.1) is 5.69 Å². The molecular formula is C13H13N5. The van der Waals surface area contributed by atoms with E-state index in [4.69, 9.17) is 0 Å². The molecule has 3 aromatic heterocycles. The maximum atomic E-state index is 4.56. The average Bonchev–Trinajstić information content (AvgIpc) is 2.99. The molecule has 0 saturated carbocycles. The lowest BCUT2D eigenvalue weighted by atomic mass is 10.4. The van der Waals surface area contributed by atoms with Gasteiger partial charge < -0.3 is 0 Å². The Morgan fingerprint density at radius 2 is 1.89 bits per heavy atom. The minimum atomic E-state index is 0.782. The Hall–Kier alpha value is -2.43. The maximum Gasteiger partial charge on any atom is 0.156 e. The Labute approximate surface area is 105 Å². The van der Waals surface area contributed by atoms with Gasteiger partial charge in [0, 0.05) is 18.1 Å². The van der Waals surface area contributed by atoms with Crippen molar-refractivity contribution < 1.29 is 0 Å². The number of aryl methyl sites for hydroxylation is 2. The smallest absolute Gasteiger partial charge is 0.156 e. The quantitative estimate of drug-likeness (QED) is 0.687. The first-order chi connectivity index (χ1) is 8.74. The van der Waals surface area contributed by atoms with Crippen LogP contribution >= 0.6 is 0 Å². The summed E-state index contributed by atoms with van der Waals surface area (Å²) >= 11 is 0. The molecule has 0 spiro atoms. The van der Waals surface area contributed by atoms with Crippen LogP contribution in [0, 0.1) is 13.8 Å². The van der Waals surface area contributed by atoms with Crippen molar-refractivity contribution in [3.63, 3.8) is 0 Å². The molecule has 0 atom stereocenters. The molecule has 0 unspecified atom stereocenters. The van der Waals surface area contributed by atoms with E-state index in [-0.39, 0.29) is 0 Å². The Bertz CT molecular complexity index is 667. The number of hydrogen-bond acceptors (Lipinski definition) is 3. The first kappa shape index (κ1) is 10.7. The van der Waals surface area contributed by atoms with E-state index in [1.807, 2.05) is 55.1 Å². The van der Waals surface area contributed by atoms with E-state index in [0.717, 1.165) is 23.0 Å². The van der Waals surface area contributed by atoms with Crippen LogP contribution in [0.3, 0.4) is 0 Å². The highest BCUT2D eigenvalue weighted by atomic mass is 15.3. The molecule has 0 bridgehead atoms. The third kappa shape index (κ3) is 1.79. The monoisotopic (exact) mass is 239 g/mol. The number of aromatic nitrogens is 5. The van der Waals surface area contributed by atoms with Crippen LogP contribution in [-0.4, -0.2) is 24.5 Å². The van der Waals surface area contributed by atoms with Crippen LogP contribution in [0.5, 0.6) is 0 Å². The summed E-state index contributed by atoms with van der Waals surface area (Å²) in [4.78, 5) is 4.56. The summed E-state index contributed by atoms with van der Waals surface area (Å²) in [5.41, 5.74) is 2.05. The Balaban J connectivity index is 2.09. The SMILES string of the molecule is Cc1cc(C)n(-c2cccc(-n3cccn3)n2)n1. The van der Waals surface area contributed by atoms with Gasteiger partial charge in [-0.25, -0.2) is 14.3 Å². The second-order valence-corrected chi connectivity index (χ2v) is 4.14. The number of pyridine rings is 1. The predicted molar refractivity (Wildman–Crippen MR) is 68.0 cm³/mol. The molecule has 18 heavy (non-hydrogen) atoms. The van der Waals surface area contributed by atoms with Gasteiger partial charge in [-0.15, -0.1) is 0 Å². The summed E-state index contributed by atoms with van der Waals surface area (Å²) in [6.07, 6.45) is 3.60. The molecular weight excluding hydrogens is 226 g/mol. The van der Waals surface area contributed by atoms with Crippen LogP contribution in [0.2, 0.25) is 0 Å². The van der Waals surface area contributed by atoms with Crippen molar-refractivity contribution in [2.75, 3.05) is 0 Å². The molecule has 5 nitrogen and oxygen atoms in total. The molecule has 5 heteroatoms. The largest absolute Gasteiger partial charge is 0.223 e. The van der Waals surface area contributed by atoms with Crippen LogP contribution in [0.15, 0.2) is 42.7 Å². The van der Waals surface area contributed by atoms with Gasteiger partial charge in [0.15, 0.2) is 11.6 Å². The molecule has 90 valence electrons. The molecule has 0 N–H and O–H groups in total. The first-order valence-electron chi connectivity index (χ1n) is 5.75. The van der Waals surface area contributed by atoms with E-state index >= 15 is 0 Å². The normalized spacial score (nSPS) is 10.8. The molecule has 0 radical (unpaired) electrons. The summed E-state index contributed by atoms with van der Waals surface area (Å²) in [6.45, 7) is 3.99. The zero-order chi connectivity index (χ0) is 12.5. The predicted octanol–water partition coefficient (Wildman–Crippen LogP) is 2.07. The van der Waals surface area contributed by atoms with Crippen LogP contribution < -0.4 is 0 Å². The van der Waals surface area contributed by atoms with Crippen LogP contribution in [0.1, 0.15) is 11.4 Å². The van der Waals surface area contributed by atoms with Crippen molar-refractivity contribution in [3.05, 3.63) is 54.1 Å². The van der Waals surface area contributed by atoms with Crippen molar-refractivity contribution in [1.82, 2.24) is 24.5 Å². The van der Waals surface area contributed by atoms with Crippen molar-refractivity contribution in [1.29, 1.82) is 0 Å². The van der Waals surface area contributed by atoms with Gasteiger partial charge in [0.1, 0.15) is 0 Å². The van der Waals surface area contributed by atoms with Gasteiger partial charge >= 0.3 is 0 Å². The van der Waals surface area contributed by atoms with Gasteiger partial charge in [0.25, 0.3) is 0 Å². The minimum absolute atomic E-state index is 0.782. The molecule has 3 heterocycles. The lowest BCUT2D eigenvalue weighted by Gasteiger charge is -2.06. The first-order valence-corrected chi connectivity index (χ1v) is 5.75. The summed E-state index contributed by atoms with van der Waals surface area (Å²) < 4.78 is 3.57. The van der Waals surface area contributed by atoms with E-state index in [0.29, 0.717) is 0 Å². The highest BCUT2D eigenvalue weighted by Crippen LogP contribution is 2.11. The minimum Gasteiger partial charge on any atom is -0.223 e. The van der Waals surface area contributed by atoms with Crippen LogP contribution in [-0.2, 0) is 0 Å². The molecule has 3 aromatic rings. The van der Waals surface area contributed by atoms with Crippen molar-refractivity contribution in [2.24, 2.45) is 0 Å². The zero-order valence-corrected chi connectivity index (χ0v) is 10.3. The van der Waals surface area contributed by atoms with Gasteiger partial charge in [-0.3, -0.25) is 0 Å². The highest BCUT2D eigenvalue weighted by Gasteiger charge is 2.06. The van der Waals surface area contributed by atoms with Crippen LogP contribution in [0.4, 0.5) is 0 Å². The van der Waals surface area contributed by atoms with Gasteiger partial charge in [0.2, 0.25) is 0 Å². The highest BCUT2D eigenvalue weighted by molar-refractivity contribution is 5.32. The van der Waals surface area contributed by atoms with Crippen LogP contribution in [0.25, 0.3) is 11.6 Å². The second-order valence-electron chi connectivity index (χ2n) is 4.14. The van der Waals surface area contributed by atoms with Gasteiger partial charge in [-0.2, -0.15) is 10.2 Å².